The Bertz CT molecular complexity index is 741. The average Bonchev–Trinajstić information content (AvgIpc) is 2.83. The Morgan fingerprint density at radius 3 is 2.68 bits per heavy atom. The lowest BCUT2D eigenvalue weighted by Gasteiger charge is -2.25. The van der Waals surface area contributed by atoms with Gasteiger partial charge in [0.15, 0.2) is 0 Å². The summed E-state index contributed by atoms with van der Waals surface area (Å²) in [4.78, 5) is 4.13. The second-order valence-electron chi connectivity index (χ2n) is 6.67. The second kappa shape index (κ2) is 7.11. The Hall–Kier alpha value is -1.35. The predicted octanol–water partition coefficient (Wildman–Crippen LogP) is 4.26. The lowest BCUT2D eigenvalue weighted by Crippen LogP contribution is -2.25. The molecule has 0 saturated heterocycles. The van der Waals surface area contributed by atoms with Crippen LogP contribution in [0.1, 0.15) is 50.6 Å². The Morgan fingerprint density at radius 2 is 2.04 bits per heavy atom. The van der Waals surface area contributed by atoms with Gasteiger partial charge >= 0.3 is 6.18 Å². The smallest absolute Gasteiger partial charge is 0.391 e. The van der Waals surface area contributed by atoms with Crippen LogP contribution in [0.15, 0.2) is 16.7 Å². The highest BCUT2D eigenvalue weighted by Crippen LogP contribution is 2.36. The van der Waals surface area contributed by atoms with Crippen molar-refractivity contribution in [1.29, 1.82) is 0 Å². The van der Waals surface area contributed by atoms with Crippen molar-refractivity contribution in [2.45, 2.75) is 63.3 Å². The molecule has 9 heteroatoms. The van der Waals surface area contributed by atoms with E-state index in [0.717, 1.165) is 41.4 Å². The van der Waals surface area contributed by atoms with Crippen LogP contribution >= 0.6 is 15.9 Å². The molecular weight excluding hydrogens is 401 g/mol. The third kappa shape index (κ3) is 4.44. The van der Waals surface area contributed by atoms with Crippen molar-refractivity contribution in [3.8, 4) is 0 Å². The molecule has 2 heterocycles. The number of nitrogens with one attached hydrogen (secondary N) is 1. The van der Waals surface area contributed by atoms with Crippen molar-refractivity contribution < 1.29 is 18.3 Å². The molecule has 1 aliphatic rings. The summed E-state index contributed by atoms with van der Waals surface area (Å²) in [5.41, 5.74) is 1.76. The van der Waals surface area contributed by atoms with Gasteiger partial charge in [0.25, 0.3) is 0 Å². The van der Waals surface area contributed by atoms with Crippen molar-refractivity contribution in [3.63, 3.8) is 0 Å². The summed E-state index contributed by atoms with van der Waals surface area (Å²) >= 11 is 3.49. The summed E-state index contributed by atoms with van der Waals surface area (Å²) in [6, 6.07) is 1.17. The van der Waals surface area contributed by atoms with E-state index in [1.807, 2.05) is 6.07 Å². The minimum atomic E-state index is -4.24. The van der Waals surface area contributed by atoms with Gasteiger partial charge in [0.1, 0.15) is 0 Å². The lowest BCUT2D eigenvalue weighted by molar-refractivity contribution is -0.136. The molecule has 0 amide bonds. The highest BCUT2D eigenvalue weighted by molar-refractivity contribution is 9.10. The Labute approximate surface area is 151 Å². The number of alkyl halides is 3. The number of rotatable bonds is 4. The molecule has 1 atom stereocenters. The van der Waals surface area contributed by atoms with E-state index in [-0.39, 0.29) is 18.0 Å². The Kier molecular flexibility index (Phi) is 5.24. The van der Waals surface area contributed by atoms with Gasteiger partial charge in [-0.15, -0.1) is 5.10 Å². The Morgan fingerprint density at radius 1 is 1.36 bits per heavy atom. The first-order valence-corrected chi connectivity index (χ1v) is 9.08. The predicted molar refractivity (Wildman–Crippen MR) is 91.7 cm³/mol. The summed E-state index contributed by atoms with van der Waals surface area (Å²) < 4.78 is 40.1. The third-order valence-corrected chi connectivity index (χ3v) is 5.16. The van der Waals surface area contributed by atoms with Crippen molar-refractivity contribution in [2.24, 2.45) is 0 Å². The molecule has 0 aliphatic heterocycles. The molecule has 0 radical (unpaired) electrons. The molecule has 2 aromatic heterocycles. The van der Waals surface area contributed by atoms with Crippen molar-refractivity contribution in [2.75, 3.05) is 5.32 Å². The van der Waals surface area contributed by atoms with Crippen molar-refractivity contribution in [3.05, 3.63) is 22.4 Å². The van der Waals surface area contributed by atoms with Crippen LogP contribution in [0.3, 0.4) is 0 Å². The Balaban J connectivity index is 1.84. The maximum Gasteiger partial charge on any atom is 0.391 e. The fourth-order valence-corrected chi connectivity index (χ4v) is 3.83. The molecule has 1 fully saturated rings. The van der Waals surface area contributed by atoms with E-state index < -0.39 is 18.6 Å². The monoisotopic (exact) mass is 420 g/mol. The normalized spacial score (nSPS) is 23.0. The fourth-order valence-electron chi connectivity index (χ4n) is 3.32. The molecule has 2 N–H and O–H groups in total. The molecule has 0 aromatic carbocycles. The number of aliphatic hydroxyl groups is 1. The van der Waals surface area contributed by atoms with E-state index in [1.54, 1.807) is 10.7 Å². The first kappa shape index (κ1) is 18.4. The molecule has 1 unspecified atom stereocenters. The minimum absolute atomic E-state index is 0.171. The number of halogens is 4. The molecule has 1 aliphatic carbocycles. The van der Waals surface area contributed by atoms with Gasteiger partial charge < -0.3 is 10.4 Å². The van der Waals surface area contributed by atoms with Crippen LogP contribution in [-0.2, 0) is 0 Å². The molecule has 138 valence electrons. The van der Waals surface area contributed by atoms with Crippen molar-refractivity contribution >= 4 is 27.4 Å². The van der Waals surface area contributed by atoms with Crippen LogP contribution < -0.4 is 5.32 Å². The number of fused-ring (bicyclic) bond motifs is 1. The zero-order chi connectivity index (χ0) is 18.2. The summed E-state index contributed by atoms with van der Waals surface area (Å²) in [5.74, 6) is 0.432. The van der Waals surface area contributed by atoms with Crippen LogP contribution in [0.5, 0.6) is 0 Å². The van der Waals surface area contributed by atoms with Gasteiger partial charge in [-0.25, -0.2) is 9.50 Å². The summed E-state index contributed by atoms with van der Waals surface area (Å²) in [6.07, 6.45) is -0.628. The van der Waals surface area contributed by atoms with E-state index in [4.69, 9.17) is 0 Å². The zero-order valence-corrected chi connectivity index (χ0v) is 15.3. The molecule has 1 saturated carbocycles. The van der Waals surface area contributed by atoms with Gasteiger partial charge in [0, 0.05) is 22.1 Å². The second-order valence-corrected chi connectivity index (χ2v) is 7.52. The van der Waals surface area contributed by atoms with Gasteiger partial charge in [-0.1, -0.05) is 0 Å². The number of anilines is 1. The number of hydrogen-bond acceptors (Lipinski definition) is 4. The lowest BCUT2D eigenvalue weighted by atomic mass is 9.85. The van der Waals surface area contributed by atoms with Gasteiger partial charge in [-0.05, 0) is 54.6 Å². The zero-order valence-electron chi connectivity index (χ0n) is 13.7. The van der Waals surface area contributed by atoms with Gasteiger partial charge in [-0.2, -0.15) is 13.2 Å². The number of aromatic nitrogens is 3. The molecule has 2 aromatic rings. The van der Waals surface area contributed by atoms with Crippen LogP contribution in [0.25, 0.3) is 5.52 Å². The SMILES string of the molecule is CC(CC(F)(F)F)Nc1ncc2c(Br)cc([C@H]3CC[C@H](O)CC3)n2n1. The number of nitrogens with zero attached hydrogens (tertiary/aromatic N) is 3. The first-order valence-electron chi connectivity index (χ1n) is 8.28. The van der Waals surface area contributed by atoms with Crippen molar-refractivity contribution in [1.82, 2.24) is 14.6 Å². The van der Waals surface area contributed by atoms with E-state index in [2.05, 4.69) is 31.3 Å². The highest BCUT2D eigenvalue weighted by atomic mass is 79.9. The van der Waals surface area contributed by atoms with E-state index >= 15 is 0 Å². The van der Waals surface area contributed by atoms with Gasteiger partial charge in [-0.3, -0.25) is 0 Å². The van der Waals surface area contributed by atoms with Gasteiger partial charge in [0.05, 0.1) is 24.2 Å². The standard InChI is InChI=1S/C16H20BrF3N4O/c1-9(7-16(18,19)20)22-15-21-8-14-12(17)6-13(24(14)23-15)10-2-4-11(25)5-3-10/h6,8-11,25H,2-5,7H2,1H3,(H,22,23)/t9?,10-,11-. The maximum atomic E-state index is 12.5. The summed E-state index contributed by atoms with van der Waals surface area (Å²) in [5, 5.41) is 16.8. The van der Waals surface area contributed by atoms with Crippen LogP contribution in [0.2, 0.25) is 0 Å². The maximum absolute atomic E-state index is 12.5. The topological polar surface area (TPSA) is 62.5 Å². The highest BCUT2D eigenvalue weighted by Gasteiger charge is 2.30. The molecular formula is C16H20BrF3N4O. The molecule has 3 rings (SSSR count). The third-order valence-electron chi connectivity index (χ3n) is 4.52. The first-order chi connectivity index (χ1) is 11.7. The number of aliphatic hydroxyl groups excluding tert-OH is 1. The summed E-state index contributed by atoms with van der Waals surface area (Å²) in [6.45, 7) is 1.45. The van der Waals surface area contributed by atoms with E-state index in [1.165, 1.54) is 6.92 Å². The molecule has 0 spiro atoms. The van der Waals surface area contributed by atoms with E-state index in [0.29, 0.717) is 0 Å². The van der Waals surface area contributed by atoms with Gasteiger partial charge in [0.2, 0.25) is 5.95 Å². The molecule has 5 nitrogen and oxygen atoms in total. The minimum Gasteiger partial charge on any atom is -0.393 e. The van der Waals surface area contributed by atoms with E-state index in [9.17, 15) is 18.3 Å². The van der Waals surface area contributed by atoms with Crippen LogP contribution in [-0.4, -0.2) is 38.0 Å². The van der Waals surface area contributed by atoms with Crippen LogP contribution in [0.4, 0.5) is 19.1 Å². The largest absolute Gasteiger partial charge is 0.393 e. The fraction of sp³-hybridized carbons (Fsp3) is 0.625. The average molecular weight is 421 g/mol. The summed E-state index contributed by atoms with van der Waals surface area (Å²) in [7, 11) is 0. The molecule has 25 heavy (non-hydrogen) atoms. The quantitative estimate of drug-likeness (QED) is 0.775. The van der Waals surface area contributed by atoms with Crippen LogP contribution in [0, 0.1) is 0 Å². The number of hydrogen-bond donors (Lipinski definition) is 2. The molecule has 0 bridgehead atoms.